The van der Waals surface area contributed by atoms with Gasteiger partial charge in [-0.15, -0.1) is 0 Å². The van der Waals surface area contributed by atoms with Gasteiger partial charge in [0.15, 0.2) is 0 Å². The Labute approximate surface area is 200 Å². The average Bonchev–Trinajstić information content (AvgIpc) is 3.10. The molecule has 0 spiro atoms. The van der Waals surface area contributed by atoms with Gasteiger partial charge in [-0.3, -0.25) is 25.0 Å². The number of para-hydroxylation sites is 2. The molecule has 2 heterocycles. The minimum atomic E-state index is -0.869. The van der Waals surface area contributed by atoms with E-state index < -0.39 is 22.8 Å². The summed E-state index contributed by atoms with van der Waals surface area (Å²) in [6.45, 7) is 5.69. The number of barbiturate groups is 1. The van der Waals surface area contributed by atoms with Crippen LogP contribution in [0.4, 0.5) is 16.2 Å². The Bertz CT molecular complexity index is 1400. The Morgan fingerprint density at radius 3 is 2.51 bits per heavy atom. The summed E-state index contributed by atoms with van der Waals surface area (Å²) in [6, 6.07) is 13.6. The van der Waals surface area contributed by atoms with Crippen LogP contribution < -0.4 is 15.0 Å². The van der Waals surface area contributed by atoms with Gasteiger partial charge >= 0.3 is 6.03 Å². The van der Waals surface area contributed by atoms with Crippen LogP contribution in [0.25, 0.3) is 11.8 Å². The van der Waals surface area contributed by atoms with Gasteiger partial charge in [0.1, 0.15) is 11.3 Å². The van der Waals surface area contributed by atoms with Gasteiger partial charge in [-0.1, -0.05) is 18.2 Å². The number of nitro benzene ring substituents is 1. The lowest BCUT2D eigenvalue weighted by Crippen LogP contribution is -2.54. The summed E-state index contributed by atoms with van der Waals surface area (Å²) in [5, 5.41) is 13.4. The molecular weight excluding hydrogens is 452 g/mol. The Hall–Kier alpha value is -4.73. The number of carbonyl (C=O) groups excluding carboxylic acids is 3. The normalized spacial score (nSPS) is 14.9. The van der Waals surface area contributed by atoms with Crippen molar-refractivity contribution >= 4 is 35.3 Å². The lowest BCUT2D eigenvalue weighted by atomic mass is 10.1. The molecule has 0 atom stereocenters. The van der Waals surface area contributed by atoms with Crippen molar-refractivity contribution in [1.82, 2.24) is 9.88 Å². The second kappa shape index (κ2) is 9.26. The molecule has 1 aliphatic heterocycles. The Kier molecular flexibility index (Phi) is 6.20. The highest BCUT2D eigenvalue weighted by Gasteiger charge is 2.38. The maximum Gasteiger partial charge on any atom is 0.336 e. The van der Waals surface area contributed by atoms with E-state index in [0.717, 1.165) is 10.6 Å². The number of aryl methyl sites for hydroxylation is 1. The molecule has 10 nitrogen and oxygen atoms in total. The zero-order chi connectivity index (χ0) is 25.3. The molecule has 1 fully saturated rings. The van der Waals surface area contributed by atoms with Crippen molar-refractivity contribution in [1.29, 1.82) is 0 Å². The number of nitrogens with zero attached hydrogens (tertiary/aromatic N) is 3. The molecule has 178 valence electrons. The fourth-order valence-corrected chi connectivity index (χ4v) is 4.03. The number of anilines is 1. The SMILES string of the molecule is CCOc1ccccc1N1C(=O)NC(=O)/C(=C\c2cc(C)n(-c3cccc([N+](=O)[O-])c3)c2C)C1=O. The van der Waals surface area contributed by atoms with Gasteiger partial charge < -0.3 is 9.30 Å². The third kappa shape index (κ3) is 4.29. The van der Waals surface area contributed by atoms with E-state index in [1.807, 2.05) is 6.92 Å². The smallest absolute Gasteiger partial charge is 0.336 e. The monoisotopic (exact) mass is 474 g/mol. The van der Waals surface area contributed by atoms with Crippen molar-refractivity contribution in [3.8, 4) is 11.4 Å². The third-order valence-electron chi connectivity index (χ3n) is 5.58. The highest BCUT2D eigenvalue weighted by Crippen LogP contribution is 2.32. The summed E-state index contributed by atoms with van der Waals surface area (Å²) in [7, 11) is 0. The van der Waals surface area contributed by atoms with Crippen molar-refractivity contribution < 1.29 is 24.0 Å². The van der Waals surface area contributed by atoms with Crippen molar-refractivity contribution in [2.45, 2.75) is 20.8 Å². The maximum atomic E-state index is 13.3. The second-order valence-corrected chi connectivity index (χ2v) is 7.80. The van der Waals surface area contributed by atoms with Crippen LogP contribution in [0.5, 0.6) is 5.75 Å². The first kappa shape index (κ1) is 23.4. The minimum Gasteiger partial charge on any atom is -0.492 e. The standard InChI is InChI=1S/C25H22N4O6/c1-4-35-22-11-6-5-10-21(22)28-24(31)20(23(30)26-25(28)32)13-17-12-15(2)27(16(17)3)18-8-7-9-19(14-18)29(33)34/h5-14H,4H2,1-3H3,(H,26,30,32)/b20-13+. The number of urea groups is 1. The van der Waals surface area contributed by atoms with Crippen LogP contribution in [0, 0.1) is 24.0 Å². The fourth-order valence-electron chi connectivity index (χ4n) is 4.03. The Morgan fingerprint density at radius 2 is 1.80 bits per heavy atom. The summed E-state index contributed by atoms with van der Waals surface area (Å²) in [6.07, 6.45) is 1.41. The van der Waals surface area contributed by atoms with E-state index >= 15 is 0 Å². The van der Waals surface area contributed by atoms with E-state index in [-0.39, 0.29) is 16.9 Å². The first-order chi connectivity index (χ1) is 16.7. The number of hydrogen-bond acceptors (Lipinski definition) is 6. The van der Waals surface area contributed by atoms with Gasteiger partial charge in [0.25, 0.3) is 17.5 Å². The van der Waals surface area contributed by atoms with Crippen LogP contribution in [0.2, 0.25) is 0 Å². The number of amides is 4. The summed E-state index contributed by atoms with van der Waals surface area (Å²) in [4.78, 5) is 50.2. The molecule has 0 unspecified atom stereocenters. The molecule has 1 aromatic heterocycles. The fraction of sp³-hybridized carbons (Fsp3) is 0.160. The number of non-ortho nitro benzene ring substituents is 1. The molecular formula is C25H22N4O6. The second-order valence-electron chi connectivity index (χ2n) is 7.80. The lowest BCUT2D eigenvalue weighted by Gasteiger charge is -2.27. The van der Waals surface area contributed by atoms with Crippen LogP contribution >= 0.6 is 0 Å². The quantitative estimate of drug-likeness (QED) is 0.249. The van der Waals surface area contributed by atoms with Crippen LogP contribution in [0.1, 0.15) is 23.9 Å². The van der Waals surface area contributed by atoms with E-state index in [0.29, 0.717) is 29.3 Å². The molecule has 0 aliphatic carbocycles. The largest absolute Gasteiger partial charge is 0.492 e. The summed E-state index contributed by atoms with van der Waals surface area (Å²) in [5.41, 5.74) is 2.47. The zero-order valence-corrected chi connectivity index (χ0v) is 19.3. The molecule has 4 amide bonds. The number of nitrogens with one attached hydrogen (secondary N) is 1. The molecule has 10 heteroatoms. The van der Waals surface area contributed by atoms with Crippen molar-refractivity contribution in [2.75, 3.05) is 11.5 Å². The van der Waals surface area contributed by atoms with E-state index in [2.05, 4.69) is 5.32 Å². The van der Waals surface area contributed by atoms with Gasteiger partial charge in [0.2, 0.25) is 0 Å². The number of imide groups is 2. The number of carbonyl (C=O) groups is 3. The van der Waals surface area contributed by atoms with E-state index in [9.17, 15) is 24.5 Å². The minimum absolute atomic E-state index is 0.0566. The van der Waals surface area contributed by atoms with Gasteiger partial charge in [-0.05, 0) is 56.7 Å². The predicted octanol–water partition coefficient (Wildman–Crippen LogP) is 4.07. The topological polar surface area (TPSA) is 124 Å². The number of benzene rings is 2. The molecule has 1 aliphatic rings. The zero-order valence-electron chi connectivity index (χ0n) is 19.3. The number of ether oxygens (including phenoxy) is 1. The first-order valence-corrected chi connectivity index (χ1v) is 10.8. The first-order valence-electron chi connectivity index (χ1n) is 10.8. The van der Waals surface area contributed by atoms with Crippen molar-refractivity contribution in [3.05, 3.63) is 87.2 Å². The maximum absolute atomic E-state index is 13.3. The summed E-state index contributed by atoms with van der Waals surface area (Å²) >= 11 is 0. The third-order valence-corrected chi connectivity index (χ3v) is 5.58. The van der Waals surface area contributed by atoms with Gasteiger partial charge in [-0.2, -0.15) is 0 Å². The van der Waals surface area contributed by atoms with Gasteiger partial charge in [0, 0.05) is 23.5 Å². The number of hydrogen-bond donors (Lipinski definition) is 1. The number of rotatable bonds is 6. The molecule has 2 aromatic carbocycles. The summed E-state index contributed by atoms with van der Waals surface area (Å²) in [5.74, 6) is -1.27. The molecule has 1 saturated heterocycles. The Balaban J connectivity index is 1.77. The average molecular weight is 474 g/mol. The predicted molar refractivity (Wildman–Crippen MR) is 129 cm³/mol. The van der Waals surface area contributed by atoms with Crippen molar-refractivity contribution in [3.63, 3.8) is 0 Å². The number of aromatic nitrogens is 1. The molecule has 0 radical (unpaired) electrons. The van der Waals surface area contributed by atoms with Crippen LogP contribution in [-0.4, -0.2) is 33.9 Å². The molecule has 0 saturated carbocycles. The van der Waals surface area contributed by atoms with E-state index in [1.54, 1.807) is 60.9 Å². The van der Waals surface area contributed by atoms with Gasteiger partial charge in [-0.25, -0.2) is 9.69 Å². The van der Waals surface area contributed by atoms with Crippen LogP contribution in [0.3, 0.4) is 0 Å². The van der Waals surface area contributed by atoms with E-state index in [1.165, 1.54) is 18.2 Å². The van der Waals surface area contributed by atoms with Crippen molar-refractivity contribution in [2.24, 2.45) is 0 Å². The highest BCUT2D eigenvalue weighted by atomic mass is 16.6. The molecule has 0 bridgehead atoms. The summed E-state index contributed by atoms with van der Waals surface area (Å²) < 4.78 is 7.34. The molecule has 3 aromatic rings. The molecule has 4 rings (SSSR count). The lowest BCUT2D eigenvalue weighted by molar-refractivity contribution is -0.384. The van der Waals surface area contributed by atoms with Crippen LogP contribution in [-0.2, 0) is 9.59 Å². The van der Waals surface area contributed by atoms with Crippen LogP contribution in [0.15, 0.2) is 60.2 Å². The Morgan fingerprint density at radius 1 is 1.06 bits per heavy atom. The number of nitro groups is 1. The molecule has 1 N–H and O–H groups in total. The highest BCUT2D eigenvalue weighted by molar-refractivity contribution is 6.39. The van der Waals surface area contributed by atoms with E-state index in [4.69, 9.17) is 4.74 Å². The van der Waals surface area contributed by atoms with Gasteiger partial charge in [0.05, 0.1) is 22.9 Å². The molecule has 35 heavy (non-hydrogen) atoms.